The molecule has 1 heterocycles. The molecule has 0 aliphatic heterocycles. The van der Waals surface area contributed by atoms with Gasteiger partial charge in [0.1, 0.15) is 11.8 Å². The van der Waals surface area contributed by atoms with E-state index >= 15 is 0 Å². The van der Waals surface area contributed by atoms with Crippen LogP contribution in [0.5, 0.6) is 0 Å². The molecule has 1 aromatic carbocycles. The van der Waals surface area contributed by atoms with Crippen molar-refractivity contribution in [3.8, 4) is 0 Å². The van der Waals surface area contributed by atoms with Crippen LogP contribution in [-0.4, -0.2) is 11.1 Å². The Hall–Kier alpha value is -2.07. The monoisotopic (exact) mass is 245 g/mol. The van der Waals surface area contributed by atoms with Gasteiger partial charge in [-0.3, -0.25) is 10.1 Å². The third-order valence-electron chi connectivity index (χ3n) is 2.77. The van der Waals surface area contributed by atoms with Gasteiger partial charge >= 0.3 is 5.97 Å². The Kier molecular flexibility index (Phi) is 3.79. The third-order valence-corrected chi connectivity index (χ3v) is 2.77. The maximum atomic E-state index is 11.3. The first-order chi connectivity index (χ1) is 8.68. The van der Waals surface area contributed by atoms with Gasteiger partial charge in [0, 0.05) is 0 Å². The van der Waals surface area contributed by atoms with E-state index in [1.54, 1.807) is 24.5 Å². The summed E-state index contributed by atoms with van der Waals surface area (Å²) >= 11 is 0. The van der Waals surface area contributed by atoms with Crippen LogP contribution < -0.4 is 5.32 Å². The zero-order valence-corrected chi connectivity index (χ0v) is 10.0. The lowest BCUT2D eigenvalue weighted by Gasteiger charge is -2.19. The van der Waals surface area contributed by atoms with Crippen LogP contribution in [0.2, 0.25) is 0 Å². The van der Waals surface area contributed by atoms with Crippen molar-refractivity contribution in [1.82, 2.24) is 5.32 Å². The summed E-state index contributed by atoms with van der Waals surface area (Å²) < 4.78 is 5.26. The second-order valence-electron chi connectivity index (χ2n) is 4.09. The summed E-state index contributed by atoms with van der Waals surface area (Å²) in [6, 6.07) is 11.8. The lowest BCUT2D eigenvalue weighted by Crippen LogP contribution is -2.30. The molecular weight excluding hydrogens is 230 g/mol. The summed E-state index contributed by atoms with van der Waals surface area (Å²) in [5.41, 5.74) is 0.725. The minimum absolute atomic E-state index is 0.165. The molecule has 0 aliphatic carbocycles. The second kappa shape index (κ2) is 5.51. The number of hydrogen-bond donors (Lipinski definition) is 2. The van der Waals surface area contributed by atoms with E-state index in [1.807, 2.05) is 31.2 Å². The van der Waals surface area contributed by atoms with Crippen LogP contribution in [0.25, 0.3) is 0 Å². The van der Waals surface area contributed by atoms with Crippen molar-refractivity contribution in [2.75, 3.05) is 0 Å². The number of carboxylic acid groups (broad SMARTS) is 1. The van der Waals surface area contributed by atoms with Gasteiger partial charge in [-0.2, -0.15) is 0 Å². The Morgan fingerprint density at radius 1 is 1.22 bits per heavy atom. The molecule has 0 saturated heterocycles. The van der Waals surface area contributed by atoms with Gasteiger partial charge in [-0.1, -0.05) is 30.3 Å². The number of aliphatic carboxylic acids is 1. The number of benzene rings is 1. The molecule has 94 valence electrons. The highest BCUT2D eigenvalue weighted by Crippen LogP contribution is 2.20. The number of furan rings is 1. The highest BCUT2D eigenvalue weighted by Gasteiger charge is 2.22. The predicted molar refractivity (Wildman–Crippen MR) is 67.1 cm³/mol. The van der Waals surface area contributed by atoms with Crippen LogP contribution in [-0.2, 0) is 4.79 Å². The molecule has 1 unspecified atom stereocenters. The predicted octanol–water partition coefficient (Wildman–Crippen LogP) is 2.76. The average molecular weight is 245 g/mol. The Bertz CT molecular complexity index is 493. The maximum absolute atomic E-state index is 11.3. The molecular formula is C14H15NO3. The van der Waals surface area contributed by atoms with E-state index in [1.165, 1.54) is 0 Å². The topological polar surface area (TPSA) is 62.5 Å². The zero-order chi connectivity index (χ0) is 13.0. The number of hydrogen-bond acceptors (Lipinski definition) is 3. The molecule has 1 aromatic heterocycles. The van der Waals surface area contributed by atoms with Gasteiger partial charge in [-0.25, -0.2) is 0 Å². The van der Waals surface area contributed by atoms with Crippen molar-refractivity contribution in [3.63, 3.8) is 0 Å². The molecule has 0 amide bonds. The van der Waals surface area contributed by atoms with E-state index in [9.17, 15) is 9.90 Å². The Balaban J connectivity index is 2.15. The molecule has 0 bridgehead atoms. The Morgan fingerprint density at radius 3 is 2.50 bits per heavy atom. The molecule has 2 rings (SSSR count). The highest BCUT2D eigenvalue weighted by molar-refractivity contribution is 5.75. The summed E-state index contributed by atoms with van der Waals surface area (Å²) in [5, 5.41) is 12.3. The summed E-state index contributed by atoms with van der Waals surface area (Å²) in [7, 11) is 0. The average Bonchev–Trinajstić information content (AvgIpc) is 2.90. The van der Waals surface area contributed by atoms with E-state index in [2.05, 4.69) is 5.32 Å². The fraction of sp³-hybridized carbons (Fsp3) is 0.214. The van der Waals surface area contributed by atoms with Crippen LogP contribution in [0.15, 0.2) is 53.1 Å². The lowest BCUT2D eigenvalue weighted by atomic mass is 10.1. The third kappa shape index (κ3) is 2.78. The van der Waals surface area contributed by atoms with Gasteiger partial charge in [-0.15, -0.1) is 0 Å². The normalized spacial score (nSPS) is 14.1. The van der Waals surface area contributed by atoms with Crippen LogP contribution in [0, 0.1) is 0 Å². The van der Waals surface area contributed by atoms with Crippen molar-refractivity contribution in [1.29, 1.82) is 0 Å². The first kappa shape index (κ1) is 12.4. The number of nitrogens with one attached hydrogen (secondary N) is 1. The quantitative estimate of drug-likeness (QED) is 0.850. The molecule has 2 aromatic rings. The molecule has 0 aliphatic rings. The number of carbonyl (C=O) groups is 1. The van der Waals surface area contributed by atoms with E-state index in [0.717, 1.165) is 11.3 Å². The van der Waals surface area contributed by atoms with Crippen molar-refractivity contribution in [2.24, 2.45) is 0 Å². The van der Waals surface area contributed by atoms with Crippen LogP contribution >= 0.6 is 0 Å². The van der Waals surface area contributed by atoms with E-state index < -0.39 is 12.0 Å². The molecule has 0 saturated carbocycles. The standard InChI is InChI=1S/C14H15NO3/c1-10(12-8-5-9-18-12)15-13(14(16)17)11-6-3-2-4-7-11/h2-10,13,15H,1H3,(H,16,17)/t10-,13?/m0/s1. The SMILES string of the molecule is C[C@H](NC(C(=O)O)c1ccccc1)c1ccco1. The number of rotatable bonds is 5. The van der Waals surface area contributed by atoms with Crippen molar-refractivity contribution in [2.45, 2.75) is 19.0 Å². The lowest BCUT2D eigenvalue weighted by molar-refractivity contribution is -0.139. The first-order valence-corrected chi connectivity index (χ1v) is 5.75. The fourth-order valence-electron chi connectivity index (χ4n) is 1.83. The van der Waals surface area contributed by atoms with E-state index in [-0.39, 0.29) is 6.04 Å². The van der Waals surface area contributed by atoms with Gasteiger partial charge < -0.3 is 9.52 Å². The zero-order valence-electron chi connectivity index (χ0n) is 10.0. The number of carboxylic acids is 1. The van der Waals surface area contributed by atoms with Gasteiger partial charge in [0.25, 0.3) is 0 Å². The maximum Gasteiger partial charge on any atom is 0.325 e. The van der Waals surface area contributed by atoms with Crippen LogP contribution in [0.1, 0.15) is 30.3 Å². The molecule has 4 heteroatoms. The van der Waals surface area contributed by atoms with Crippen molar-refractivity contribution in [3.05, 3.63) is 60.1 Å². The largest absolute Gasteiger partial charge is 0.480 e. The summed E-state index contributed by atoms with van der Waals surface area (Å²) in [4.78, 5) is 11.3. The molecule has 2 N–H and O–H groups in total. The minimum atomic E-state index is -0.903. The van der Waals surface area contributed by atoms with Gasteiger partial charge in [0.2, 0.25) is 0 Å². The molecule has 2 atom stereocenters. The van der Waals surface area contributed by atoms with E-state index in [4.69, 9.17) is 4.42 Å². The van der Waals surface area contributed by atoms with E-state index in [0.29, 0.717) is 0 Å². The second-order valence-corrected chi connectivity index (χ2v) is 4.09. The molecule has 0 radical (unpaired) electrons. The summed E-state index contributed by atoms with van der Waals surface area (Å²) in [6.45, 7) is 1.87. The van der Waals surface area contributed by atoms with Crippen LogP contribution in [0.4, 0.5) is 0 Å². The van der Waals surface area contributed by atoms with Crippen molar-refractivity contribution >= 4 is 5.97 Å². The smallest absolute Gasteiger partial charge is 0.325 e. The fourth-order valence-corrected chi connectivity index (χ4v) is 1.83. The molecule has 0 spiro atoms. The summed E-state index contributed by atoms with van der Waals surface area (Å²) in [5.74, 6) is -0.184. The van der Waals surface area contributed by atoms with Gasteiger partial charge in [0.15, 0.2) is 0 Å². The molecule has 0 fully saturated rings. The molecule has 18 heavy (non-hydrogen) atoms. The van der Waals surface area contributed by atoms with Gasteiger partial charge in [-0.05, 0) is 24.6 Å². The first-order valence-electron chi connectivity index (χ1n) is 5.75. The minimum Gasteiger partial charge on any atom is -0.480 e. The van der Waals surface area contributed by atoms with Gasteiger partial charge in [0.05, 0.1) is 12.3 Å². The Labute approximate surface area is 105 Å². The van der Waals surface area contributed by atoms with Crippen LogP contribution in [0.3, 0.4) is 0 Å². The molecule has 4 nitrogen and oxygen atoms in total. The Morgan fingerprint density at radius 2 is 1.94 bits per heavy atom. The highest BCUT2D eigenvalue weighted by atomic mass is 16.4. The summed E-state index contributed by atoms with van der Waals surface area (Å²) in [6.07, 6.45) is 1.58. The van der Waals surface area contributed by atoms with Crippen molar-refractivity contribution < 1.29 is 14.3 Å².